The summed E-state index contributed by atoms with van der Waals surface area (Å²) >= 11 is 1.40. The Morgan fingerprint density at radius 2 is 1.83 bits per heavy atom. The van der Waals surface area contributed by atoms with E-state index in [2.05, 4.69) is 20.4 Å². The molecule has 0 spiro atoms. The van der Waals surface area contributed by atoms with Crippen LogP contribution in [-0.2, 0) is 4.74 Å². The van der Waals surface area contributed by atoms with Crippen LogP contribution < -0.4 is 10.2 Å². The number of nitrogens with one attached hydrogen (secondary N) is 1. The first kappa shape index (κ1) is 18.9. The minimum absolute atomic E-state index is 0.00712. The zero-order valence-corrected chi connectivity index (χ0v) is 17.1. The summed E-state index contributed by atoms with van der Waals surface area (Å²) in [5, 5.41) is 12.0. The van der Waals surface area contributed by atoms with Gasteiger partial charge in [-0.3, -0.25) is 4.79 Å². The van der Waals surface area contributed by atoms with E-state index in [-0.39, 0.29) is 11.9 Å². The summed E-state index contributed by atoms with van der Waals surface area (Å²) in [4.78, 5) is 18.1. The van der Waals surface area contributed by atoms with Gasteiger partial charge in [-0.05, 0) is 67.9 Å². The molecular weight excluding hydrogens is 390 g/mol. The zero-order chi connectivity index (χ0) is 19.6. The van der Waals surface area contributed by atoms with Crippen molar-refractivity contribution < 1.29 is 13.9 Å². The number of nitrogens with zero attached hydrogens (tertiary/aromatic N) is 4. The van der Waals surface area contributed by atoms with Crippen LogP contribution in [0.1, 0.15) is 23.2 Å². The highest BCUT2D eigenvalue weighted by Gasteiger charge is 2.34. The fourth-order valence-electron chi connectivity index (χ4n) is 4.28. The number of ether oxygens (including phenoxy) is 1. The Labute approximate surface area is 174 Å². The third-order valence-electron chi connectivity index (χ3n) is 5.97. The number of rotatable bonds is 5. The van der Waals surface area contributed by atoms with Crippen LogP contribution in [-0.4, -0.2) is 73.0 Å². The van der Waals surface area contributed by atoms with E-state index in [1.165, 1.54) is 37.7 Å². The van der Waals surface area contributed by atoms with Gasteiger partial charge in [-0.25, -0.2) is 0 Å². The molecule has 29 heavy (non-hydrogen) atoms. The van der Waals surface area contributed by atoms with E-state index in [1.807, 2.05) is 29.2 Å². The second kappa shape index (κ2) is 8.33. The lowest BCUT2D eigenvalue weighted by Gasteiger charge is -2.44. The van der Waals surface area contributed by atoms with Crippen LogP contribution in [0.3, 0.4) is 0 Å². The predicted molar refractivity (Wildman–Crippen MR) is 108 cm³/mol. The average Bonchev–Trinajstić information content (AvgIpc) is 3.24. The Balaban J connectivity index is 1.18. The molecule has 9 heteroatoms. The maximum absolute atomic E-state index is 12.6. The lowest BCUT2D eigenvalue weighted by molar-refractivity contribution is 0.0620. The van der Waals surface area contributed by atoms with Crippen molar-refractivity contribution >= 4 is 23.7 Å². The van der Waals surface area contributed by atoms with Gasteiger partial charge in [0.2, 0.25) is 0 Å². The lowest BCUT2D eigenvalue weighted by Crippen LogP contribution is -2.57. The number of carbonyl (C=O) groups excluding carboxylic acids is 1. The molecular formula is C20H25N5O3S. The van der Waals surface area contributed by atoms with Crippen molar-refractivity contribution in [2.45, 2.75) is 29.0 Å². The molecule has 4 saturated heterocycles. The van der Waals surface area contributed by atoms with Gasteiger partial charge in [-0.15, -0.1) is 0 Å². The number of anilines is 1. The van der Waals surface area contributed by atoms with Crippen LogP contribution in [0.5, 0.6) is 0 Å². The Morgan fingerprint density at radius 3 is 2.52 bits per heavy atom. The number of amides is 1. The van der Waals surface area contributed by atoms with Crippen molar-refractivity contribution in [3.63, 3.8) is 0 Å². The van der Waals surface area contributed by atoms with Gasteiger partial charge in [0.1, 0.15) is 0 Å². The number of fused-ring (bicyclic) bond motifs is 3. The number of carbonyl (C=O) groups is 1. The van der Waals surface area contributed by atoms with Gasteiger partial charge in [-0.1, -0.05) is 10.2 Å². The maximum Gasteiger partial charge on any atom is 0.318 e. The monoisotopic (exact) mass is 415 g/mol. The van der Waals surface area contributed by atoms with E-state index in [9.17, 15) is 4.79 Å². The van der Waals surface area contributed by atoms with E-state index < -0.39 is 0 Å². The van der Waals surface area contributed by atoms with Crippen LogP contribution in [0.4, 0.5) is 6.01 Å². The van der Waals surface area contributed by atoms with Crippen LogP contribution in [0.2, 0.25) is 0 Å². The minimum Gasteiger partial charge on any atom is -0.397 e. The largest absolute Gasteiger partial charge is 0.397 e. The topological polar surface area (TPSA) is 83.7 Å². The van der Waals surface area contributed by atoms with Gasteiger partial charge in [0.15, 0.2) is 0 Å². The molecule has 4 fully saturated rings. The summed E-state index contributed by atoms with van der Waals surface area (Å²) in [7, 11) is 0. The molecule has 4 aliphatic rings. The molecule has 0 aliphatic carbocycles. The molecule has 1 aromatic heterocycles. The van der Waals surface area contributed by atoms with Gasteiger partial charge < -0.3 is 24.3 Å². The van der Waals surface area contributed by atoms with Crippen LogP contribution in [0.15, 0.2) is 38.8 Å². The summed E-state index contributed by atoms with van der Waals surface area (Å²) in [6.45, 7) is 6.19. The molecule has 1 N–H and O–H groups in total. The predicted octanol–water partition coefficient (Wildman–Crippen LogP) is 1.88. The van der Waals surface area contributed by atoms with E-state index in [4.69, 9.17) is 9.15 Å². The Hall–Kier alpha value is -2.10. The lowest BCUT2D eigenvalue weighted by atomic mass is 9.84. The second-order valence-electron chi connectivity index (χ2n) is 7.79. The number of hydrogen-bond acceptors (Lipinski definition) is 8. The van der Waals surface area contributed by atoms with Crippen molar-refractivity contribution in [3.8, 4) is 0 Å². The Kier molecular flexibility index (Phi) is 5.43. The van der Waals surface area contributed by atoms with E-state index >= 15 is 0 Å². The third-order valence-corrected chi connectivity index (χ3v) is 6.82. The molecule has 1 atom stereocenters. The number of morpholine rings is 1. The molecule has 1 amide bonds. The van der Waals surface area contributed by atoms with Gasteiger partial charge in [-0.2, -0.15) is 0 Å². The number of hydrogen-bond donors (Lipinski definition) is 1. The minimum atomic E-state index is 0.00712. The maximum atomic E-state index is 12.6. The molecule has 154 valence electrons. The summed E-state index contributed by atoms with van der Waals surface area (Å²) in [6.07, 6.45) is 2.38. The molecule has 4 aliphatic heterocycles. The van der Waals surface area contributed by atoms with Gasteiger partial charge in [0.25, 0.3) is 11.1 Å². The third kappa shape index (κ3) is 4.26. The molecule has 0 radical (unpaired) electrons. The fraction of sp³-hybridized carbons (Fsp3) is 0.550. The summed E-state index contributed by atoms with van der Waals surface area (Å²) in [5.41, 5.74) is 0.685. The molecule has 2 aromatic rings. The standard InChI is InChI=1S/C20H25N5O3S/c26-18(21-17-13-24-7-5-14(17)6-8-24)15-1-3-16(4-2-15)29-20-23-22-19(28-20)25-9-11-27-12-10-25/h1-4,14,17H,5-13H2,(H,21,26)/t17-/m0/s1. The van der Waals surface area contributed by atoms with Crippen LogP contribution >= 0.6 is 11.8 Å². The molecule has 8 nitrogen and oxygen atoms in total. The number of aromatic nitrogens is 2. The summed E-state index contributed by atoms with van der Waals surface area (Å²) in [5.74, 6) is 0.629. The van der Waals surface area contributed by atoms with Crippen molar-refractivity contribution in [1.29, 1.82) is 0 Å². The van der Waals surface area contributed by atoms with Crippen LogP contribution in [0.25, 0.3) is 0 Å². The first-order valence-electron chi connectivity index (χ1n) is 10.2. The SMILES string of the molecule is O=C(N[C@H]1CN2CCC1CC2)c1ccc(Sc2nnc(N3CCOCC3)o2)cc1. The highest BCUT2D eigenvalue weighted by atomic mass is 32.2. The van der Waals surface area contributed by atoms with E-state index in [0.29, 0.717) is 35.9 Å². The van der Waals surface area contributed by atoms with Crippen molar-refractivity contribution in [1.82, 2.24) is 20.4 Å². The van der Waals surface area contributed by atoms with Gasteiger partial charge in [0.05, 0.1) is 13.2 Å². The average molecular weight is 416 g/mol. The first-order valence-corrected chi connectivity index (χ1v) is 11.0. The normalized spacial score (nSPS) is 26.5. The van der Waals surface area contributed by atoms with Crippen molar-refractivity contribution in [2.24, 2.45) is 5.92 Å². The molecule has 0 unspecified atom stereocenters. The fourth-order valence-corrected chi connectivity index (χ4v) is 4.95. The number of piperidine rings is 3. The Bertz CT molecular complexity index is 844. The molecule has 1 aromatic carbocycles. The molecule has 5 heterocycles. The number of benzene rings is 1. The highest BCUT2D eigenvalue weighted by Crippen LogP contribution is 2.30. The summed E-state index contributed by atoms with van der Waals surface area (Å²) in [6, 6.07) is 8.38. The molecule has 2 bridgehead atoms. The Morgan fingerprint density at radius 1 is 1.07 bits per heavy atom. The zero-order valence-electron chi connectivity index (χ0n) is 16.2. The highest BCUT2D eigenvalue weighted by molar-refractivity contribution is 7.99. The van der Waals surface area contributed by atoms with Crippen LogP contribution in [0, 0.1) is 5.92 Å². The van der Waals surface area contributed by atoms with Crippen molar-refractivity contribution in [3.05, 3.63) is 29.8 Å². The van der Waals surface area contributed by atoms with E-state index in [0.717, 1.165) is 24.5 Å². The van der Waals surface area contributed by atoms with Crippen molar-refractivity contribution in [2.75, 3.05) is 50.8 Å². The molecule has 6 rings (SSSR count). The molecule has 0 saturated carbocycles. The quantitative estimate of drug-likeness (QED) is 0.793. The van der Waals surface area contributed by atoms with Gasteiger partial charge in [0, 0.05) is 36.1 Å². The first-order chi connectivity index (χ1) is 14.2. The van der Waals surface area contributed by atoms with Gasteiger partial charge >= 0.3 is 6.01 Å². The van der Waals surface area contributed by atoms with E-state index in [1.54, 1.807) is 0 Å². The smallest absolute Gasteiger partial charge is 0.318 e. The second-order valence-corrected chi connectivity index (χ2v) is 8.82. The summed E-state index contributed by atoms with van der Waals surface area (Å²) < 4.78 is 11.1.